The first-order chi connectivity index (χ1) is 11.4. The van der Waals surface area contributed by atoms with Crippen molar-refractivity contribution >= 4 is 0 Å². The average molecular weight is 340 g/mol. The molecule has 0 spiro atoms. The van der Waals surface area contributed by atoms with Gasteiger partial charge in [0.05, 0.1) is 6.61 Å². The molecule has 0 aromatic heterocycles. The molecule has 0 heterocycles. The Kier molecular flexibility index (Phi) is 9.31. The Morgan fingerprint density at radius 1 is 1.08 bits per heavy atom. The molecule has 0 aromatic rings. The Hall–Kier alpha value is -1.12. The maximum Gasteiger partial charge on any atom is 0.200 e. The van der Waals surface area contributed by atoms with Gasteiger partial charge in [0.2, 0.25) is 0 Å². The lowest BCUT2D eigenvalue weighted by Crippen LogP contribution is -2.10. The normalized spacial score (nSPS) is 18.9. The highest BCUT2D eigenvalue weighted by molar-refractivity contribution is 5.33. The Labute approximate surface area is 146 Å². The maximum absolute atomic E-state index is 14.3. The van der Waals surface area contributed by atoms with Crippen molar-refractivity contribution < 1.29 is 13.5 Å². The molecule has 0 bridgehead atoms. The number of hydrogen-bond donors (Lipinski definition) is 0. The summed E-state index contributed by atoms with van der Waals surface area (Å²) >= 11 is 0. The summed E-state index contributed by atoms with van der Waals surface area (Å²) in [5, 5.41) is 0. The number of allylic oxidation sites excluding steroid dienone is 3. The summed E-state index contributed by atoms with van der Waals surface area (Å²) in [4.78, 5) is 0. The Morgan fingerprint density at radius 3 is 2.29 bits per heavy atom. The number of rotatable bonds is 11. The van der Waals surface area contributed by atoms with Crippen LogP contribution in [0.4, 0.5) is 8.78 Å². The maximum atomic E-state index is 14.3. The van der Waals surface area contributed by atoms with Crippen LogP contribution in [-0.4, -0.2) is 6.61 Å². The molecule has 0 N–H and O–H groups in total. The van der Waals surface area contributed by atoms with Crippen LogP contribution in [-0.2, 0) is 4.74 Å². The number of hydrogen-bond acceptors (Lipinski definition) is 1. The van der Waals surface area contributed by atoms with E-state index in [0.29, 0.717) is 12.5 Å². The molecule has 1 saturated carbocycles. The number of unbranched alkanes of at least 4 members (excludes halogenated alkanes) is 1. The van der Waals surface area contributed by atoms with Crippen LogP contribution in [0.2, 0.25) is 0 Å². The first-order valence-corrected chi connectivity index (χ1v) is 9.44. The molecule has 1 rings (SSSR count). The van der Waals surface area contributed by atoms with Crippen molar-refractivity contribution in [3.8, 4) is 0 Å². The molecule has 0 aromatic carbocycles. The molecular formula is C21H34F2O. The monoisotopic (exact) mass is 340 g/mol. The van der Waals surface area contributed by atoms with Gasteiger partial charge in [-0.25, -0.2) is 4.39 Å². The third kappa shape index (κ3) is 6.41. The molecular weight excluding hydrogens is 306 g/mol. The highest BCUT2D eigenvalue weighted by Gasteiger charge is 2.23. The molecule has 2 unspecified atom stereocenters. The van der Waals surface area contributed by atoms with E-state index in [1.165, 1.54) is 25.7 Å². The minimum Gasteiger partial charge on any atom is -0.491 e. The van der Waals surface area contributed by atoms with Crippen molar-refractivity contribution in [2.75, 3.05) is 6.61 Å². The van der Waals surface area contributed by atoms with Crippen LogP contribution in [0, 0.1) is 17.8 Å². The molecule has 1 nitrogen and oxygen atoms in total. The molecule has 1 fully saturated rings. The Bertz CT molecular complexity index is 447. The lowest BCUT2D eigenvalue weighted by molar-refractivity contribution is 0.203. The predicted octanol–water partition coefficient (Wildman–Crippen LogP) is 7.27. The van der Waals surface area contributed by atoms with Crippen molar-refractivity contribution in [2.45, 2.75) is 72.1 Å². The number of halogens is 2. The summed E-state index contributed by atoms with van der Waals surface area (Å²) in [6.45, 7) is 13.8. The summed E-state index contributed by atoms with van der Waals surface area (Å²) in [5.74, 6) is -0.776. The fraction of sp³-hybridized carbons (Fsp3) is 0.714. The molecule has 24 heavy (non-hydrogen) atoms. The van der Waals surface area contributed by atoms with Crippen molar-refractivity contribution in [3.63, 3.8) is 0 Å². The van der Waals surface area contributed by atoms with Crippen molar-refractivity contribution in [3.05, 3.63) is 36.1 Å². The van der Waals surface area contributed by atoms with Gasteiger partial charge in [-0.05, 0) is 42.6 Å². The molecule has 1 aliphatic carbocycles. The summed E-state index contributed by atoms with van der Waals surface area (Å²) in [6.07, 6.45) is 8.89. The second-order valence-corrected chi connectivity index (χ2v) is 7.28. The zero-order valence-corrected chi connectivity index (χ0v) is 15.7. The van der Waals surface area contributed by atoms with Gasteiger partial charge < -0.3 is 4.74 Å². The Balaban J connectivity index is 2.49. The van der Waals surface area contributed by atoms with Gasteiger partial charge in [0.25, 0.3) is 0 Å². The van der Waals surface area contributed by atoms with Crippen LogP contribution in [0.15, 0.2) is 36.1 Å². The molecule has 2 atom stereocenters. The van der Waals surface area contributed by atoms with Gasteiger partial charge in [0.15, 0.2) is 17.4 Å². The average Bonchev–Trinajstić information content (AvgIpc) is 3.12. The second-order valence-electron chi connectivity index (χ2n) is 7.28. The van der Waals surface area contributed by atoms with Crippen LogP contribution in [0.1, 0.15) is 72.1 Å². The first kappa shape index (κ1) is 20.9. The summed E-state index contributed by atoms with van der Waals surface area (Å²) < 4.78 is 33.5. The topological polar surface area (TPSA) is 9.23 Å². The molecule has 0 aliphatic heterocycles. The third-order valence-electron chi connectivity index (χ3n) is 5.35. The van der Waals surface area contributed by atoms with Crippen LogP contribution < -0.4 is 0 Å². The van der Waals surface area contributed by atoms with E-state index in [-0.39, 0.29) is 17.3 Å². The van der Waals surface area contributed by atoms with Crippen LogP contribution in [0.3, 0.4) is 0 Å². The smallest absolute Gasteiger partial charge is 0.200 e. The zero-order chi connectivity index (χ0) is 18.1. The molecule has 0 amide bonds. The zero-order valence-electron chi connectivity index (χ0n) is 15.7. The van der Waals surface area contributed by atoms with Gasteiger partial charge >= 0.3 is 0 Å². The van der Waals surface area contributed by atoms with Gasteiger partial charge in [0.1, 0.15) is 0 Å². The van der Waals surface area contributed by atoms with E-state index in [1.54, 1.807) is 0 Å². The van der Waals surface area contributed by atoms with E-state index in [1.807, 2.05) is 13.8 Å². The minimum atomic E-state index is -1.01. The molecule has 3 heteroatoms. The highest BCUT2D eigenvalue weighted by atomic mass is 19.2. The third-order valence-corrected chi connectivity index (χ3v) is 5.35. The Morgan fingerprint density at radius 2 is 1.71 bits per heavy atom. The van der Waals surface area contributed by atoms with Crippen LogP contribution in [0.5, 0.6) is 0 Å². The van der Waals surface area contributed by atoms with Crippen molar-refractivity contribution in [1.29, 1.82) is 0 Å². The van der Waals surface area contributed by atoms with Crippen molar-refractivity contribution in [2.24, 2.45) is 17.8 Å². The van der Waals surface area contributed by atoms with Gasteiger partial charge in [0, 0.05) is 0 Å². The molecule has 0 saturated heterocycles. The summed E-state index contributed by atoms with van der Waals surface area (Å²) in [6, 6.07) is 0. The standard InChI is InChI=1S/C21H34F2O/c1-6-7-14-24-18(5)21(23)20(22)17(4)15(2)12-13-16(3)19-10-8-9-11-19/h15-16,19H,4-14H2,1-3H3/b21-20-. The lowest BCUT2D eigenvalue weighted by Gasteiger charge is -2.21. The van der Waals surface area contributed by atoms with E-state index in [4.69, 9.17) is 4.74 Å². The largest absolute Gasteiger partial charge is 0.491 e. The summed E-state index contributed by atoms with van der Waals surface area (Å²) in [7, 11) is 0. The van der Waals surface area contributed by atoms with Gasteiger partial charge in [-0.1, -0.05) is 66.0 Å². The van der Waals surface area contributed by atoms with Gasteiger partial charge in [-0.2, -0.15) is 4.39 Å². The van der Waals surface area contributed by atoms with Gasteiger partial charge in [-0.3, -0.25) is 0 Å². The van der Waals surface area contributed by atoms with E-state index in [9.17, 15) is 8.78 Å². The SMILES string of the molecule is C=C(OCCCC)/C(F)=C(/F)C(=C)C(C)CCC(C)C1CCCC1. The fourth-order valence-corrected chi connectivity index (χ4v) is 3.33. The number of ether oxygens (including phenoxy) is 1. The van der Waals surface area contributed by atoms with Crippen LogP contribution >= 0.6 is 0 Å². The fourth-order valence-electron chi connectivity index (χ4n) is 3.33. The highest BCUT2D eigenvalue weighted by Crippen LogP contribution is 2.36. The quantitative estimate of drug-likeness (QED) is 0.218. The first-order valence-electron chi connectivity index (χ1n) is 9.44. The van der Waals surface area contributed by atoms with Crippen molar-refractivity contribution in [1.82, 2.24) is 0 Å². The van der Waals surface area contributed by atoms with E-state index in [2.05, 4.69) is 20.1 Å². The van der Waals surface area contributed by atoms with Crippen LogP contribution in [0.25, 0.3) is 0 Å². The van der Waals surface area contributed by atoms with Gasteiger partial charge in [-0.15, -0.1) is 0 Å². The predicted molar refractivity (Wildman–Crippen MR) is 97.9 cm³/mol. The molecule has 138 valence electrons. The summed E-state index contributed by atoms with van der Waals surface area (Å²) in [5.41, 5.74) is 0.214. The van der Waals surface area contributed by atoms with E-state index in [0.717, 1.165) is 31.6 Å². The molecule has 0 radical (unpaired) electrons. The van der Waals surface area contributed by atoms with E-state index >= 15 is 0 Å². The minimum absolute atomic E-state index is 0.0805. The van der Waals surface area contributed by atoms with E-state index < -0.39 is 11.7 Å². The molecule has 1 aliphatic rings. The lowest BCUT2D eigenvalue weighted by atomic mass is 9.85. The second kappa shape index (κ2) is 10.7.